The Balaban J connectivity index is 2.33. The molecule has 0 aromatic carbocycles. The van der Waals surface area contributed by atoms with E-state index in [0.717, 1.165) is 0 Å². The van der Waals surface area contributed by atoms with Crippen molar-refractivity contribution in [2.24, 2.45) is 0 Å². The third kappa shape index (κ3) is 1.40. The topological polar surface area (TPSA) is 9.23 Å². The van der Waals surface area contributed by atoms with Gasteiger partial charge in [-0.25, -0.2) is 8.78 Å². The average Bonchev–Trinajstić information content (AvgIpc) is 1.65. The van der Waals surface area contributed by atoms with Gasteiger partial charge in [0.25, 0.3) is 5.92 Å². The summed E-state index contributed by atoms with van der Waals surface area (Å²) in [5.41, 5.74) is 0. The van der Waals surface area contributed by atoms with Gasteiger partial charge in [0.1, 0.15) is 6.61 Å². The molecule has 1 rings (SSSR count). The third-order valence-corrected chi connectivity index (χ3v) is 1.14. The van der Waals surface area contributed by atoms with Crippen LogP contribution in [0, 0.1) is 0 Å². The molecule has 3 heteroatoms. The lowest BCUT2D eigenvalue weighted by Crippen LogP contribution is -2.28. The predicted molar refractivity (Wildman–Crippen MR) is 25.0 cm³/mol. The maximum Gasteiger partial charge on any atom is 0.271 e. The van der Waals surface area contributed by atoms with Gasteiger partial charge < -0.3 is 4.74 Å². The first-order valence-electron chi connectivity index (χ1n) is 2.66. The molecule has 0 unspecified atom stereocenters. The molecule has 1 nitrogen and oxygen atoms in total. The van der Waals surface area contributed by atoms with E-state index in [-0.39, 0.29) is 13.0 Å². The van der Waals surface area contributed by atoms with Crippen molar-refractivity contribution >= 4 is 0 Å². The van der Waals surface area contributed by atoms with Crippen LogP contribution in [0.2, 0.25) is 0 Å². The van der Waals surface area contributed by atoms with Gasteiger partial charge in [-0.1, -0.05) is 0 Å². The van der Waals surface area contributed by atoms with Gasteiger partial charge in [0.2, 0.25) is 0 Å². The Morgan fingerprint density at radius 3 is 2.38 bits per heavy atom. The molecule has 1 saturated heterocycles. The van der Waals surface area contributed by atoms with Crippen LogP contribution >= 0.6 is 0 Å². The monoisotopic (exact) mass is 122 g/mol. The fourth-order valence-corrected chi connectivity index (χ4v) is 0.727. The highest BCUT2D eigenvalue weighted by molar-refractivity contribution is 4.68. The van der Waals surface area contributed by atoms with E-state index in [1.165, 1.54) is 0 Å². The summed E-state index contributed by atoms with van der Waals surface area (Å²) < 4.78 is 28.7. The largest absolute Gasteiger partial charge is 0.375 e. The molecule has 1 aliphatic heterocycles. The second kappa shape index (κ2) is 1.97. The third-order valence-electron chi connectivity index (χ3n) is 1.14. The molecule has 0 aliphatic carbocycles. The van der Waals surface area contributed by atoms with E-state index in [1.54, 1.807) is 0 Å². The van der Waals surface area contributed by atoms with Crippen molar-refractivity contribution in [1.82, 2.24) is 0 Å². The van der Waals surface area contributed by atoms with E-state index in [4.69, 9.17) is 0 Å². The Hall–Kier alpha value is -0.180. The van der Waals surface area contributed by atoms with Crippen molar-refractivity contribution in [1.29, 1.82) is 0 Å². The minimum atomic E-state index is -2.54. The zero-order valence-corrected chi connectivity index (χ0v) is 4.49. The second-order valence-corrected chi connectivity index (χ2v) is 2.01. The van der Waals surface area contributed by atoms with E-state index in [0.29, 0.717) is 13.0 Å². The number of rotatable bonds is 0. The van der Waals surface area contributed by atoms with Crippen LogP contribution in [0.5, 0.6) is 0 Å². The van der Waals surface area contributed by atoms with Crippen LogP contribution in [0.1, 0.15) is 12.8 Å². The Labute approximate surface area is 46.6 Å². The summed E-state index contributed by atoms with van der Waals surface area (Å²) in [6.45, 7) is 0.114. The molecule has 1 heterocycles. The second-order valence-electron chi connectivity index (χ2n) is 2.01. The van der Waals surface area contributed by atoms with Crippen molar-refractivity contribution in [2.75, 3.05) is 13.2 Å². The molecular weight excluding hydrogens is 114 g/mol. The molecule has 1 aliphatic rings. The van der Waals surface area contributed by atoms with Crippen molar-refractivity contribution < 1.29 is 13.5 Å². The lowest BCUT2D eigenvalue weighted by molar-refractivity contribution is -0.113. The highest BCUT2D eigenvalue weighted by atomic mass is 19.3. The summed E-state index contributed by atoms with van der Waals surface area (Å²) in [4.78, 5) is 0. The quantitative estimate of drug-likeness (QED) is 0.472. The number of hydrogen-bond acceptors (Lipinski definition) is 1. The molecule has 0 amide bonds. The van der Waals surface area contributed by atoms with Crippen LogP contribution in [0.3, 0.4) is 0 Å². The van der Waals surface area contributed by atoms with Gasteiger partial charge in [-0.3, -0.25) is 0 Å². The number of halogens is 2. The first kappa shape index (κ1) is 5.95. The lowest BCUT2D eigenvalue weighted by atomic mass is 10.2. The summed E-state index contributed by atoms with van der Waals surface area (Å²) in [5, 5.41) is 0. The fraction of sp³-hybridized carbons (Fsp3) is 1.00. The van der Waals surface area contributed by atoms with Crippen molar-refractivity contribution in [3.05, 3.63) is 0 Å². The minimum absolute atomic E-state index is 0.00694. The first-order valence-corrected chi connectivity index (χ1v) is 2.66. The summed E-state index contributed by atoms with van der Waals surface area (Å²) in [6, 6.07) is 0. The Bertz CT molecular complexity index is 74.5. The van der Waals surface area contributed by atoms with E-state index in [1.807, 2.05) is 0 Å². The van der Waals surface area contributed by atoms with Gasteiger partial charge >= 0.3 is 0 Å². The summed E-state index contributed by atoms with van der Waals surface area (Å²) in [5.74, 6) is -2.54. The van der Waals surface area contributed by atoms with Gasteiger partial charge in [-0.05, 0) is 6.42 Å². The van der Waals surface area contributed by atoms with E-state index < -0.39 is 5.92 Å². The number of alkyl halides is 2. The zero-order chi connectivity index (χ0) is 6.04. The van der Waals surface area contributed by atoms with Gasteiger partial charge in [-0.2, -0.15) is 0 Å². The highest BCUT2D eigenvalue weighted by Crippen LogP contribution is 2.23. The highest BCUT2D eigenvalue weighted by Gasteiger charge is 2.31. The molecule has 48 valence electrons. The van der Waals surface area contributed by atoms with Gasteiger partial charge in [0.05, 0.1) is 0 Å². The standard InChI is InChI=1S/C5H8F2O/c6-5(7)2-1-3-8-4-5/h1-4H2. The molecule has 0 aromatic rings. The normalized spacial score (nSPS) is 27.8. The number of hydrogen-bond donors (Lipinski definition) is 0. The van der Waals surface area contributed by atoms with Crippen LogP contribution in [-0.2, 0) is 4.74 Å². The lowest BCUT2D eigenvalue weighted by Gasteiger charge is -2.20. The SMILES string of the molecule is FC1(F)CCCOC1. The van der Waals surface area contributed by atoms with Gasteiger partial charge in [-0.15, -0.1) is 0 Å². The minimum Gasteiger partial charge on any atom is -0.375 e. The van der Waals surface area contributed by atoms with E-state index >= 15 is 0 Å². The molecule has 0 saturated carbocycles. The molecule has 0 bridgehead atoms. The van der Waals surface area contributed by atoms with E-state index in [9.17, 15) is 8.78 Å². The van der Waals surface area contributed by atoms with Gasteiger partial charge in [0.15, 0.2) is 0 Å². The van der Waals surface area contributed by atoms with Crippen molar-refractivity contribution in [2.45, 2.75) is 18.8 Å². The maximum absolute atomic E-state index is 12.1. The van der Waals surface area contributed by atoms with Crippen molar-refractivity contribution in [3.63, 3.8) is 0 Å². The van der Waals surface area contributed by atoms with E-state index in [2.05, 4.69) is 4.74 Å². The molecule has 0 N–H and O–H groups in total. The summed E-state index contributed by atoms with van der Waals surface area (Å²) >= 11 is 0. The first-order chi connectivity index (χ1) is 3.71. The Morgan fingerprint density at radius 1 is 1.38 bits per heavy atom. The fourth-order valence-electron chi connectivity index (χ4n) is 0.727. The van der Waals surface area contributed by atoms with Crippen LogP contribution in [0.4, 0.5) is 8.78 Å². The van der Waals surface area contributed by atoms with Crippen LogP contribution < -0.4 is 0 Å². The Kier molecular flexibility index (Phi) is 1.47. The molecule has 0 aromatic heterocycles. The molecule has 0 spiro atoms. The number of ether oxygens (including phenoxy) is 1. The smallest absolute Gasteiger partial charge is 0.271 e. The molecule has 0 radical (unpaired) electrons. The van der Waals surface area contributed by atoms with Crippen LogP contribution in [-0.4, -0.2) is 19.1 Å². The zero-order valence-electron chi connectivity index (χ0n) is 4.49. The van der Waals surface area contributed by atoms with Crippen LogP contribution in [0.15, 0.2) is 0 Å². The summed E-state index contributed by atoms with van der Waals surface area (Å²) in [7, 11) is 0. The van der Waals surface area contributed by atoms with Crippen molar-refractivity contribution in [3.8, 4) is 0 Å². The molecule has 1 fully saturated rings. The Morgan fingerprint density at radius 2 is 2.12 bits per heavy atom. The van der Waals surface area contributed by atoms with Gasteiger partial charge in [0, 0.05) is 13.0 Å². The molecule has 8 heavy (non-hydrogen) atoms. The summed E-state index contributed by atoms with van der Waals surface area (Å²) in [6.07, 6.45) is 0.486. The molecular formula is C5H8F2O. The maximum atomic E-state index is 12.1. The van der Waals surface area contributed by atoms with Crippen LogP contribution in [0.25, 0.3) is 0 Å². The molecule has 0 atom stereocenters. The predicted octanol–water partition coefficient (Wildman–Crippen LogP) is 1.43. The average molecular weight is 122 g/mol.